The minimum Gasteiger partial charge on any atom is -0.299 e. The Bertz CT molecular complexity index is 55.2. The van der Waals surface area contributed by atoms with Crippen LogP contribution in [-0.4, -0.2) is 12.2 Å². The van der Waals surface area contributed by atoms with Gasteiger partial charge in [0.2, 0.25) is 0 Å². The fourth-order valence-electron chi connectivity index (χ4n) is 0.316. The van der Waals surface area contributed by atoms with Crippen LogP contribution in [0.1, 0.15) is 20.8 Å². The SMILES string of the molecule is CC(C)(C)NCNN. The molecule has 0 aliphatic heterocycles. The number of hydrogen-bond acceptors (Lipinski definition) is 3. The van der Waals surface area contributed by atoms with Crippen LogP contribution in [0.25, 0.3) is 0 Å². The van der Waals surface area contributed by atoms with Gasteiger partial charge in [-0.2, -0.15) is 0 Å². The molecular weight excluding hydrogens is 102 g/mol. The first-order chi connectivity index (χ1) is 3.56. The molecule has 0 fully saturated rings. The average molecular weight is 117 g/mol. The topological polar surface area (TPSA) is 50.1 Å². The molecule has 0 aromatic carbocycles. The van der Waals surface area contributed by atoms with Crippen LogP contribution >= 0.6 is 0 Å². The lowest BCUT2D eigenvalue weighted by Crippen LogP contribution is -2.44. The highest BCUT2D eigenvalue weighted by Gasteiger charge is 2.05. The van der Waals surface area contributed by atoms with Gasteiger partial charge in [-0.3, -0.25) is 11.2 Å². The second-order valence-corrected chi connectivity index (χ2v) is 2.81. The Labute approximate surface area is 50.6 Å². The van der Waals surface area contributed by atoms with E-state index in [1.807, 2.05) is 0 Å². The van der Waals surface area contributed by atoms with Crippen LogP contribution in [0.5, 0.6) is 0 Å². The number of hydrogen-bond donors (Lipinski definition) is 3. The molecule has 0 unspecified atom stereocenters. The Morgan fingerprint density at radius 1 is 1.38 bits per heavy atom. The van der Waals surface area contributed by atoms with E-state index < -0.39 is 0 Å². The first-order valence-corrected chi connectivity index (χ1v) is 2.75. The molecule has 0 rings (SSSR count). The fraction of sp³-hybridized carbons (Fsp3) is 1.00. The van der Waals surface area contributed by atoms with Gasteiger partial charge < -0.3 is 0 Å². The molecule has 0 aromatic heterocycles. The quantitative estimate of drug-likeness (QED) is 0.266. The predicted octanol–water partition coefficient (Wildman–Crippen LogP) is -0.205. The molecule has 0 aromatic rings. The average Bonchev–Trinajstić information content (AvgIpc) is 1.59. The van der Waals surface area contributed by atoms with Crippen LogP contribution in [0.15, 0.2) is 0 Å². The van der Waals surface area contributed by atoms with Crippen LogP contribution in [0.4, 0.5) is 0 Å². The maximum atomic E-state index is 5.02. The summed E-state index contributed by atoms with van der Waals surface area (Å²) in [7, 11) is 0. The lowest BCUT2D eigenvalue weighted by atomic mass is 10.1. The van der Waals surface area contributed by atoms with E-state index >= 15 is 0 Å². The fourth-order valence-corrected chi connectivity index (χ4v) is 0.316. The Morgan fingerprint density at radius 2 is 1.88 bits per heavy atom. The van der Waals surface area contributed by atoms with Crippen molar-refractivity contribution in [2.45, 2.75) is 26.3 Å². The highest BCUT2D eigenvalue weighted by atomic mass is 15.3. The van der Waals surface area contributed by atoms with Crippen molar-refractivity contribution in [3.8, 4) is 0 Å². The molecule has 0 radical (unpaired) electrons. The second kappa shape index (κ2) is 3.02. The van der Waals surface area contributed by atoms with Crippen LogP contribution in [0.2, 0.25) is 0 Å². The van der Waals surface area contributed by atoms with Crippen molar-refractivity contribution < 1.29 is 0 Å². The zero-order valence-corrected chi connectivity index (χ0v) is 5.78. The van der Waals surface area contributed by atoms with Gasteiger partial charge in [0.1, 0.15) is 0 Å². The van der Waals surface area contributed by atoms with Crippen LogP contribution in [0.3, 0.4) is 0 Å². The summed E-state index contributed by atoms with van der Waals surface area (Å²) >= 11 is 0. The maximum Gasteiger partial charge on any atom is 0.0591 e. The molecule has 50 valence electrons. The van der Waals surface area contributed by atoms with Crippen LogP contribution < -0.4 is 16.6 Å². The van der Waals surface area contributed by atoms with Gasteiger partial charge in [0.05, 0.1) is 6.67 Å². The summed E-state index contributed by atoms with van der Waals surface area (Å²) < 4.78 is 0. The zero-order chi connectivity index (χ0) is 6.62. The van der Waals surface area contributed by atoms with E-state index in [9.17, 15) is 0 Å². The van der Waals surface area contributed by atoms with E-state index in [-0.39, 0.29) is 5.54 Å². The van der Waals surface area contributed by atoms with Crippen molar-refractivity contribution in [2.75, 3.05) is 6.67 Å². The van der Waals surface area contributed by atoms with Gasteiger partial charge in [0.15, 0.2) is 0 Å². The van der Waals surface area contributed by atoms with E-state index in [1.165, 1.54) is 0 Å². The molecule has 4 N–H and O–H groups in total. The van der Waals surface area contributed by atoms with E-state index in [2.05, 4.69) is 31.5 Å². The van der Waals surface area contributed by atoms with Gasteiger partial charge in [-0.25, -0.2) is 5.43 Å². The minimum absolute atomic E-state index is 0.159. The Balaban J connectivity index is 3.11. The lowest BCUT2D eigenvalue weighted by molar-refractivity contribution is 0.406. The lowest BCUT2D eigenvalue weighted by Gasteiger charge is -2.19. The summed E-state index contributed by atoms with van der Waals surface area (Å²) in [6, 6.07) is 0. The van der Waals surface area contributed by atoms with Gasteiger partial charge in [-0.1, -0.05) is 0 Å². The molecule has 3 nitrogen and oxygen atoms in total. The van der Waals surface area contributed by atoms with E-state index in [1.54, 1.807) is 0 Å². The van der Waals surface area contributed by atoms with Crippen molar-refractivity contribution in [1.82, 2.24) is 10.7 Å². The molecule has 0 amide bonds. The third kappa shape index (κ3) is 5.88. The van der Waals surface area contributed by atoms with Gasteiger partial charge in [0.25, 0.3) is 0 Å². The zero-order valence-electron chi connectivity index (χ0n) is 5.78. The van der Waals surface area contributed by atoms with Gasteiger partial charge in [0, 0.05) is 5.54 Å². The normalized spacial score (nSPS) is 12.0. The first kappa shape index (κ1) is 7.88. The number of nitrogens with two attached hydrogens (primary N) is 1. The monoisotopic (exact) mass is 117 g/mol. The molecule has 0 aliphatic rings. The molecular formula is C5H15N3. The third-order valence-electron chi connectivity index (χ3n) is 0.721. The third-order valence-corrected chi connectivity index (χ3v) is 0.721. The van der Waals surface area contributed by atoms with E-state index in [4.69, 9.17) is 5.84 Å². The van der Waals surface area contributed by atoms with Crippen LogP contribution in [0, 0.1) is 0 Å². The van der Waals surface area contributed by atoms with Gasteiger partial charge in [-0.15, -0.1) is 0 Å². The number of nitrogens with one attached hydrogen (secondary N) is 2. The highest BCUT2D eigenvalue weighted by Crippen LogP contribution is 1.95. The summed E-state index contributed by atoms with van der Waals surface area (Å²) in [6.07, 6.45) is 0. The Morgan fingerprint density at radius 3 is 2.00 bits per heavy atom. The van der Waals surface area contributed by atoms with Crippen molar-refractivity contribution in [1.29, 1.82) is 0 Å². The largest absolute Gasteiger partial charge is 0.299 e. The van der Waals surface area contributed by atoms with Gasteiger partial charge in [-0.05, 0) is 20.8 Å². The summed E-state index contributed by atoms with van der Waals surface area (Å²) in [4.78, 5) is 0. The predicted molar refractivity (Wildman–Crippen MR) is 35.1 cm³/mol. The molecule has 0 aliphatic carbocycles. The smallest absolute Gasteiger partial charge is 0.0591 e. The van der Waals surface area contributed by atoms with Crippen LogP contribution in [-0.2, 0) is 0 Å². The first-order valence-electron chi connectivity index (χ1n) is 2.75. The van der Waals surface area contributed by atoms with E-state index in [0.717, 1.165) is 0 Å². The molecule has 0 saturated heterocycles. The molecule has 0 saturated carbocycles. The minimum atomic E-state index is 0.159. The van der Waals surface area contributed by atoms with Crippen molar-refractivity contribution >= 4 is 0 Å². The maximum absolute atomic E-state index is 5.02. The molecule has 8 heavy (non-hydrogen) atoms. The Kier molecular flexibility index (Phi) is 2.97. The summed E-state index contributed by atoms with van der Waals surface area (Å²) in [5.74, 6) is 5.02. The van der Waals surface area contributed by atoms with E-state index in [0.29, 0.717) is 6.67 Å². The van der Waals surface area contributed by atoms with Crippen molar-refractivity contribution in [2.24, 2.45) is 5.84 Å². The Hall–Kier alpha value is -0.120. The standard InChI is InChI=1S/C5H15N3/c1-5(2,3)7-4-8-6/h7-8H,4,6H2,1-3H3. The molecule has 3 heteroatoms. The molecule has 0 bridgehead atoms. The number of hydrazine groups is 1. The van der Waals surface area contributed by atoms with Crippen molar-refractivity contribution in [3.63, 3.8) is 0 Å². The second-order valence-electron chi connectivity index (χ2n) is 2.81. The summed E-state index contributed by atoms with van der Waals surface area (Å²) in [5.41, 5.74) is 2.67. The van der Waals surface area contributed by atoms with Crippen molar-refractivity contribution in [3.05, 3.63) is 0 Å². The van der Waals surface area contributed by atoms with Gasteiger partial charge >= 0.3 is 0 Å². The summed E-state index contributed by atoms with van der Waals surface area (Å²) in [6.45, 7) is 6.92. The number of rotatable bonds is 2. The molecule has 0 spiro atoms. The highest BCUT2D eigenvalue weighted by molar-refractivity contribution is 4.67. The molecule has 0 heterocycles. The summed E-state index contributed by atoms with van der Waals surface area (Å²) in [5, 5.41) is 3.14. The molecule has 0 atom stereocenters.